The minimum atomic E-state index is 0.937. The van der Waals surface area contributed by atoms with Crippen molar-refractivity contribution in [3.63, 3.8) is 0 Å². The summed E-state index contributed by atoms with van der Waals surface area (Å²) in [5.74, 6) is 0. The third-order valence-corrected chi connectivity index (χ3v) is 13.3. The Morgan fingerprint density at radius 3 is 1.42 bits per heavy atom. The van der Waals surface area contributed by atoms with E-state index in [1.165, 1.54) is 82.2 Å². The van der Waals surface area contributed by atoms with Crippen LogP contribution in [0.25, 0.3) is 122 Å². The Balaban J connectivity index is 0.986. The van der Waals surface area contributed by atoms with Crippen molar-refractivity contribution >= 4 is 54.4 Å². The smallest absolute Gasteiger partial charge is 0.0715 e. The summed E-state index contributed by atoms with van der Waals surface area (Å²) in [5.41, 5.74) is 18.2. The molecule has 0 atom stereocenters. The lowest BCUT2D eigenvalue weighted by Gasteiger charge is -2.15. The molecule has 3 aromatic heterocycles. The average Bonchev–Trinajstić information content (AvgIpc) is 3.92. The lowest BCUT2D eigenvalue weighted by atomic mass is 9.94. The lowest BCUT2D eigenvalue weighted by Crippen LogP contribution is -1.96. The molecule has 0 amide bonds. The highest BCUT2D eigenvalue weighted by Gasteiger charge is 2.21. The fourth-order valence-electron chi connectivity index (χ4n) is 10.2. The number of hydrogen-bond acceptors (Lipinski definition) is 1. The van der Waals surface area contributed by atoms with Crippen molar-refractivity contribution in [2.24, 2.45) is 0 Å². The first-order chi connectivity index (χ1) is 32.7. The zero-order valence-electron chi connectivity index (χ0n) is 36.0. The monoisotopic (exact) mass is 839 g/mol. The molecule has 3 heteroatoms. The molecule has 66 heavy (non-hydrogen) atoms. The average molecular weight is 840 g/mol. The topological polar surface area (TPSA) is 22.8 Å². The van der Waals surface area contributed by atoms with Crippen molar-refractivity contribution in [2.75, 3.05) is 0 Å². The molecule has 10 aromatic carbocycles. The minimum absolute atomic E-state index is 0.937. The quantitative estimate of drug-likeness (QED) is 0.157. The molecule has 0 saturated carbocycles. The van der Waals surface area contributed by atoms with E-state index in [1.54, 1.807) is 0 Å². The fraction of sp³-hybridized carbons (Fsp3) is 0. The number of fused-ring (bicyclic) bond motifs is 8. The van der Waals surface area contributed by atoms with Crippen LogP contribution >= 0.6 is 0 Å². The van der Waals surface area contributed by atoms with Gasteiger partial charge in [-0.15, -0.1) is 0 Å². The van der Waals surface area contributed by atoms with Crippen LogP contribution in [0.2, 0.25) is 0 Å². The number of para-hydroxylation sites is 3. The Hall–Kier alpha value is -8.79. The van der Waals surface area contributed by atoms with Gasteiger partial charge in [-0.25, -0.2) is 4.98 Å². The summed E-state index contributed by atoms with van der Waals surface area (Å²) in [4.78, 5) is 5.35. The van der Waals surface area contributed by atoms with Crippen LogP contribution in [0.1, 0.15) is 0 Å². The second-order valence-corrected chi connectivity index (χ2v) is 17.1. The number of hydrogen-bond donors (Lipinski definition) is 0. The molecule has 0 radical (unpaired) electrons. The largest absolute Gasteiger partial charge is 0.309 e. The zero-order valence-corrected chi connectivity index (χ0v) is 36.0. The SMILES string of the molecule is c1ccc(-c2ccc(-c3cc(-c4cccc5cc(-n6c7ccccc7c7ccc8c(c9ccccc9n8-c8ccccc8)c76)ccc45)cc(-c4ccc(-c5ccccc5)cc4)n3)cc2)cc1. The highest BCUT2D eigenvalue weighted by molar-refractivity contribution is 6.26. The predicted molar refractivity (Wildman–Crippen MR) is 278 cm³/mol. The molecule has 308 valence electrons. The zero-order chi connectivity index (χ0) is 43.6. The molecule has 13 rings (SSSR count). The second-order valence-electron chi connectivity index (χ2n) is 17.1. The van der Waals surface area contributed by atoms with Gasteiger partial charge in [0.1, 0.15) is 0 Å². The van der Waals surface area contributed by atoms with Gasteiger partial charge in [0.15, 0.2) is 0 Å². The van der Waals surface area contributed by atoms with Crippen LogP contribution in [-0.2, 0) is 0 Å². The molecule has 0 saturated heterocycles. The van der Waals surface area contributed by atoms with Crippen LogP contribution in [0, 0.1) is 0 Å². The maximum Gasteiger partial charge on any atom is 0.0715 e. The predicted octanol–water partition coefficient (Wildman–Crippen LogP) is 16.8. The molecular weight excluding hydrogens is 799 g/mol. The van der Waals surface area contributed by atoms with Crippen LogP contribution in [0.5, 0.6) is 0 Å². The van der Waals surface area contributed by atoms with E-state index in [4.69, 9.17) is 4.98 Å². The molecule has 0 aliphatic heterocycles. The van der Waals surface area contributed by atoms with Crippen molar-refractivity contribution in [2.45, 2.75) is 0 Å². The van der Waals surface area contributed by atoms with Gasteiger partial charge in [-0.05, 0) is 98.8 Å². The molecule has 0 N–H and O–H groups in total. The summed E-state index contributed by atoms with van der Waals surface area (Å²) in [6.07, 6.45) is 0. The van der Waals surface area contributed by atoms with Gasteiger partial charge in [0.25, 0.3) is 0 Å². The number of rotatable bonds is 7. The molecule has 0 aliphatic rings. The third-order valence-electron chi connectivity index (χ3n) is 13.3. The Labute approximate surface area is 382 Å². The number of benzene rings is 10. The summed E-state index contributed by atoms with van der Waals surface area (Å²) >= 11 is 0. The molecule has 0 fully saturated rings. The van der Waals surface area contributed by atoms with Gasteiger partial charge in [-0.1, -0.05) is 194 Å². The van der Waals surface area contributed by atoms with E-state index in [0.717, 1.165) is 39.5 Å². The van der Waals surface area contributed by atoms with Crippen molar-refractivity contribution in [1.82, 2.24) is 14.1 Å². The first-order valence-electron chi connectivity index (χ1n) is 22.6. The molecule has 0 spiro atoms. The van der Waals surface area contributed by atoms with Crippen LogP contribution in [0.3, 0.4) is 0 Å². The van der Waals surface area contributed by atoms with E-state index in [2.05, 4.69) is 258 Å². The van der Waals surface area contributed by atoms with Crippen molar-refractivity contribution in [1.29, 1.82) is 0 Å². The maximum atomic E-state index is 5.35. The standard InChI is InChI=1S/C63H41N3/c1-4-15-42(16-5-1)44-27-31-46(32-28-44)57-40-49(41-58(64-57)47-33-29-45(30-34-47)43-17-6-2-7-18-43)52-24-14-19-48-39-51(35-36-53(48)52)66-59-25-12-10-22-54(59)55-37-38-61-62(63(55)66)56-23-11-13-26-60(56)65(61)50-20-8-3-9-21-50/h1-41H. The lowest BCUT2D eigenvalue weighted by molar-refractivity contribution is 1.18. The van der Waals surface area contributed by atoms with Crippen LogP contribution < -0.4 is 0 Å². The van der Waals surface area contributed by atoms with Gasteiger partial charge in [0, 0.05) is 44.0 Å². The summed E-state index contributed by atoms with van der Waals surface area (Å²) < 4.78 is 4.90. The van der Waals surface area contributed by atoms with E-state index >= 15 is 0 Å². The Kier molecular flexibility index (Phi) is 8.85. The van der Waals surface area contributed by atoms with Crippen molar-refractivity contribution < 1.29 is 0 Å². The molecule has 0 aliphatic carbocycles. The van der Waals surface area contributed by atoms with E-state index in [-0.39, 0.29) is 0 Å². The third kappa shape index (κ3) is 6.24. The van der Waals surface area contributed by atoms with Gasteiger partial charge < -0.3 is 9.13 Å². The summed E-state index contributed by atoms with van der Waals surface area (Å²) in [6.45, 7) is 0. The molecule has 3 nitrogen and oxygen atoms in total. The second kappa shape index (κ2) is 15.5. The maximum absolute atomic E-state index is 5.35. The minimum Gasteiger partial charge on any atom is -0.309 e. The van der Waals surface area contributed by atoms with E-state index < -0.39 is 0 Å². The van der Waals surface area contributed by atoms with Crippen molar-refractivity contribution in [3.05, 3.63) is 249 Å². The number of pyridine rings is 1. The first kappa shape index (κ1) is 37.7. The fourth-order valence-corrected chi connectivity index (χ4v) is 10.2. The molecular formula is C63H41N3. The van der Waals surface area contributed by atoms with E-state index in [1.807, 2.05) is 0 Å². The highest BCUT2D eigenvalue weighted by Crippen LogP contribution is 2.43. The Bertz CT molecular complexity index is 3840. The van der Waals surface area contributed by atoms with Crippen LogP contribution in [0.15, 0.2) is 249 Å². The normalized spacial score (nSPS) is 11.6. The van der Waals surface area contributed by atoms with E-state index in [9.17, 15) is 0 Å². The van der Waals surface area contributed by atoms with Gasteiger partial charge in [-0.3, -0.25) is 0 Å². The van der Waals surface area contributed by atoms with E-state index in [0.29, 0.717) is 0 Å². The summed E-state index contributed by atoms with van der Waals surface area (Å²) in [6, 6.07) is 89.9. The van der Waals surface area contributed by atoms with Crippen molar-refractivity contribution in [3.8, 4) is 67.3 Å². The van der Waals surface area contributed by atoms with Crippen LogP contribution in [-0.4, -0.2) is 14.1 Å². The Morgan fingerprint density at radius 1 is 0.273 bits per heavy atom. The van der Waals surface area contributed by atoms with Gasteiger partial charge in [-0.2, -0.15) is 0 Å². The summed E-state index contributed by atoms with van der Waals surface area (Å²) in [5, 5.41) is 7.34. The number of nitrogens with zero attached hydrogens (tertiary/aromatic N) is 3. The van der Waals surface area contributed by atoms with Gasteiger partial charge >= 0.3 is 0 Å². The Morgan fingerprint density at radius 2 is 0.788 bits per heavy atom. The van der Waals surface area contributed by atoms with Gasteiger partial charge in [0.05, 0.1) is 33.5 Å². The molecule has 0 unspecified atom stereocenters. The molecule has 3 heterocycles. The van der Waals surface area contributed by atoms with Crippen LogP contribution in [0.4, 0.5) is 0 Å². The number of aromatic nitrogens is 3. The molecule has 0 bridgehead atoms. The summed E-state index contributed by atoms with van der Waals surface area (Å²) in [7, 11) is 0. The first-order valence-corrected chi connectivity index (χ1v) is 22.6. The van der Waals surface area contributed by atoms with Gasteiger partial charge in [0.2, 0.25) is 0 Å². The highest BCUT2D eigenvalue weighted by atomic mass is 15.0. The molecule has 13 aromatic rings.